The Hall–Kier alpha value is -1.17. The van der Waals surface area contributed by atoms with E-state index in [-0.39, 0.29) is 18.6 Å². The van der Waals surface area contributed by atoms with Crippen LogP contribution < -0.4 is 0 Å². The summed E-state index contributed by atoms with van der Waals surface area (Å²) in [4.78, 5) is 0.649. The molecular formula is C13H14O4S. The minimum atomic E-state index is -3.45. The van der Waals surface area contributed by atoms with E-state index in [2.05, 4.69) is 0 Å². The van der Waals surface area contributed by atoms with Gasteiger partial charge < -0.3 is 9.84 Å². The number of aliphatic hydroxyl groups is 1. The van der Waals surface area contributed by atoms with E-state index in [9.17, 15) is 8.42 Å². The van der Waals surface area contributed by atoms with Crippen LogP contribution >= 0.6 is 0 Å². The summed E-state index contributed by atoms with van der Waals surface area (Å²) in [6, 6.07) is 8.37. The van der Waals surface area contributed by atoms with Gasteiger partial charge in [0.1, 0.15) is 0 Å². The van der Waals surface area contributed by atoms with Crippen LogP contribution in [0, 0.1) is 5.92 Å². The topological polar surface area (TPSA) is 63.6 Å². The fourth-order valence-corrected chi connectivity index (χ4v) is 4.17. The van der Waals surface area contributed by atoms with Gasteiger partial charge in [0.2, 0.25) is 9.84 Å². The molecule has 0 amide bonds. The van der Waals surface area contributed by atoms with E-state index < -0.39 is 15.9 Å². The summed E-state index contributed by atoms with van der Waals surface area (Å²) < 4.78 is 30.4. The molecule has 0 aromatic heterocycles. The first-order valence-corrected chi connectivity index (χ1v) is 7.39. The monoisotopic (exact) mass is 266 g/mol. The average molecular weight is 266 g/mol. The summed E-state index contributed by atoms with van der Waals surface area (Å²) in [5, 5.41) is 9.14. The van der Waals surface area contributed by atoms with Gasteiger partial charge in [-0.1, -0.05) is 18.2 Å². The standard InChI is InChI=1S/C13H14O4S/c14-8-9-6-12-13(7-11(9)17-12)18(15,16)10-4-2-1-3-5-10/h1-5,7,9,11-12,14H,6,8H2/t9-,11+,12+/m1/s1. The molecule has 1 aromatic rings. The van der Waals surface area contributed by atoms with E-state index in [4.69, 9.17) is 9.84 Å². The Morgan fingerprint density at radius 2 is 2.00 bits per heavy atom. The van der Waals surface area contributed by atoms with Crippen molar-refractivity contribution in [3.63, 3.8) is 0 Å². The second-order valence-electron chi connectivity index (χ2n) is 4.65. The number of ether oxygens (including phenoxy) is 1. The molecule has 2 aliphatic heterocycles. The first-order valence-electron chi connectivity index (χ1n) is 5.91. The molecule has 1 saturated heterocycles. The fourth-order valence-electron chi connectivity index (χ4n) is 2.57. The number of fused-ring (bicyclic) bond motifs is 2. The number of sulfone groups is 1. The average Bonchev–Trinajstić information content (AvgIpc) is 2.99. The molecule has 0 radical (unpaired) electrons. The van der Waals surface area contributed by atoms with Crippen LogP contribution in [0.25, 0.3) is 0 Å². The second kappa shape index (κ2) is 4.19. The van der Waals surface area contributed by atoms with Crippen molar-refractivity contribution in [2.24, 2.45) is 5.92 Å². The van der Waals surface area contributed by atoms with Gasteiger partial charge in [0.25, 0.3) is 0 Å². The Bertz CT molecular complexity index is 576. The van der Waals surface area contributed by atoms with Crippen LogP contribution in [-0.4, -0.2) is 32.3 Å². The van der Waals surface area contributed by atoms with Gasteiger partial charge >= 0.3 is 0 Å². The summed E-state index contributed by atoms with van der Waals surface area (Å²) in [5.74, 6) is 0.0322. The lowest BCUT2D eigenvalue weighted by molar-refractivity contribution is 0.0939. The maximum absolute atomic E-state index is 12.4. The zero-order chi connectivity index (χ0) is 12.8. The van der Waals surface area contributed by atoms with Gasteiger partial charge in [0.05, 0.1) is 22.0 Å². The van der Waals surface area contributed by atoms with Crippen molar-refractivity contribution in [2.45, 2.75) is 23.5 Å². The maximum Gasteiger partial charge on any atom is 0.205 e. The number of hydrogen-bond donors (Lipinski definition) is 1. The molecule has 2 bridgehead atoms. The third-order valence-corrected chi connectivity index (χ3v) is 5.46. The van der Waals surface area contributed by atoms with Crippen molar-refractivity contribution in [1.29, 1.82) is 0 Å². The van der Waals surface area contributed by atoms with Crippen LogP contribution in [0.2, 0.25) is 0 Å². The normalized spacial score (nSPS) is 30.5. The third-order valence-electron chi connectivity index (χ3n) is 3.55. The first kappa shape index (κ1) is 11.9. The van der Waals surface area contributed by atoms with Crippen molar-refractivity contribution in [3.8, 4) is 0 Å². The Morgan fingerprint density at radius 3 is 2.56 bits per heavy atom. The number of hydrogen-bond acceptors (Lipinski definition) is 4. The van der Waals surface area contributed by atoms with Gasteiger partial charge in [0.15, 0.2) is 0 Å². The highest BCUT2D eigenvalue weighted by atomic mass is 32.2. The summed E-state index contributed by atoms with van der Waals surface area (Å²) >= 11 is 0. The predicted octanol–water partition coefficient (Wildman–Crippen LogP) is 1.12. The van der Waals surface area contributed by atoms with Crippen molar-refractivity contribution >= 4 is 9.84 Å². The molecule has 1 aromatic carbocycles. The van der Waals surface area contributed by atoms with Crippen LogP contribution in [0.3, 0.4) is 0 Å². The predicted molar refractivity (Wildman–Crippen MR) is 65.6 cm³/mol. The molecular weight excluding hydrogens is 252 g/mol. The molecule has 1 fully saturated rings. The van der Waals surface area contributed by atoms with E-state index in [0.717, 1.165) is 0 Å². The van der Waals surface area contributed by atoms with Crippen molar-refractivity contribution in [3.05, 3.63) is 41.3 Å². The molecule has 18 heavy (non-hydrogen) atoms. The highest BCUT2D eigenvalue weighted by Gasteiger charge is 2.45. The molecule has 3 rings (SSSR count). The van der Waals surface area contributed by atoms with Gasteiger partial charge in [-0.3, -0.25) is 0 Å². The van der Waals surface area contributed by atoms with Gasteiger partial charge in [-0.15, -0.1) is 0 Å². The summed E-state index contributed by atoms with van der Waals surface area (Å²) in [6.45, 7) is 0.0380. The maximum atomic E-state index is 12.4. The summed E-state index contributed by atoms with van der Waals surface area (Å²) in [6.07, 6.45) is 1.59. The van der Waals surface area contributed by atoms with Crippen molar-refractivity contribution in [2.75, 3.05) is 6.61 Å². The molecule has 0 saturated carbocycles. The van der Waals surface area contributed by atoms with Crippen LogP contribution in [0.5, 0.6) is 0 Å². The Labute approximate surface area is 106 Å². The molecule has 1 N–H and O–H groups in total. The molecule has 4 nitrogen and oxygen atoms in total. The van der Waals surface area contributed by atoms with E-state index in [1.807, 2.05) is 0 Å². The highest BCUT2D eigenvalue weighted by Crippen LogP contribution is 2.41. The zero-order valence-corrected chi connectivity index (χ0v) is 10.5. The zero-order valence-electron chi connectivity index (χ0n) is 9.69. The first-order chi connectivity index (χ1) is 8.63. The van der Waals surface area contributed by atoms with Crippen LogP contribution in [0.15, 0.2) is 46.2 Å². The highest BCUT2D eigenvalue weighted by molar-refractivity contribution is 7.95. The van der Waals surface area contributed by atoms with Gasteiger partial charge in [-0.2, -0.15) is 0 Å². The smallest absolute Gasteiger partial charge is 0.205 e. The Morgan fingerprint density at radius 1 is 1.28 bits per heavy atom. The third kappa shape index (κ3) is 1.70. The molecule has 3 atom stereocenters. The van der Waals surface area contributed by atoms with Gasteiger partial charge in [-0.05, 0) is 24.6 Å². The van der Waals surface area contributed by atoms with Gasteiger partial charge in [0, 0.05) is 12.5 Å². The van der Waals surface area contributed by atoms with E-state index in [1.54, 1.807) is 36.4 Å². The molecule has 5 heteroatoms. The molecule has 2 heterocycles. The van der Waals surface area contributed by atoms with Crippen molar-refractivity contribution < 1.29 is 18.3 Å². The molecule has 0 unspecified atom stereocenters. The second-order valence-corrected chi connectivity index (χ2v) is 6.60. The lowest BCUT2D eigenvalue weighted by Gasteiger charge is -2.16. The minimum absolute atomic E-state index is 0.0322. The van der Waals surface area contributed by atoms with E-state index >= 15 is 0 Å². The molecule has 0 spiro atoms. The lowest BCUT2D eigenvalue weighted by Crippen LogP contribution is -2.21. The fraction of sp³-hybridized carbons (Fsp3) is 0.385. The largest absolute Gasteiger partial charge is 0.396 e. The number of rotatable bonds is 3. The van der Waals surface area contributed by atoms with Crippen LogP contribution in [0.1, 0.15) is 6.42 Å². The Balaban J connectivity index is 1.96. The number of benzene rings is 1. The van der Waals surface area contributed by atoms with Crippen molar-refractivity contribution in [1.82, 2.24) is 0 Å². The summed E-state index contributed by atoms with van der Waals surface area (Å²) in [7, 11) is -3.45. The quantitative estimate of drug-likeness (QED) is 0.890. The van der Waals surface area contributed by atoms with Crippen LogP contribution in [-0.2, 0) is 14.6 Å². The molecule has 96 valence electrons. The summed E-state index contributed by atoms with van der Waals surface area (Å²) in [5.41, 5.74) is 0. The van der Waals surface area contributed by atoms with Crippen LogP contribution in [0.4, 0.5) is 0 Å². The van der Waals surface area contributed by atoms with Gasteiger partial charge in [-0.25, -0.2) is 8.42 Å². The lowest BCUT2D eigenvalue weighted by atomic mass is 9.95. The molecule has 2 aliphatic rings. The van der Waals surface area contributed by atoms with E-state index in [1.165, 1.54) is 0 Å². The van der Waals surface area contributed by atoms with E-state index in [0.29, 0.717) is 16.2 Å². The number of aliphatic hydroxyl groups excluding tert-OH is 1. The SMILES string of the molecule is O=S(=O)(C1=C[C@@H]2O[C@H]1C[C@@H]2CO)c1ccccc1. The molecule has 0 aliphatic carbocycles. The minimum Gasteiger partial charge on any atom is -0.396 e. The Kier molecular flexibility index (Phi) is 2.77.